The van der Waals surface area contributed by atoms with Gasteiger partial charge in [-0.15, -0.1) is 0 Å². The van der Waals surface area contributed by atoms with Crippen molar-refractivity contribution in [3.63, 3.8) is 0 Å². The Kier molecular flexibility index (Phi) is 5.41. The third-order valence-electron chi connectivity index (χ3n) is 4.04. The first-order chi connectivity index (χ1) is 9.49. The molecule has 0 aliphatic carbocycles. The van der Waals surface area contributed by atoms with Gasteiger partial charge in [-0.2, -0.15) is 0 Å². The molecule has 1 heterocycles. The molecule has 1 saturated heterocycles. The Morgan fingerprint density at radius 2 is 1.95 bits per heavy atom. The average molecular weight is 357 g/mol. The van der Waals surface area contributed by atoms with Crippen molar-refractivity contribution in [2.75, 3.05) is 26.2 Å². The summed E-state index contributed by atoms with van der Waals surface area (Å²) in [6, 6.07) is 7.93. The summed E-state index contributed by atoms with van der Waals surface area (Å²) < 4.78 is 6.82. The molecular formula is C15H21BrN2OS. The van der Waals surface area contributed by atoms with Crippen LogP contribution in [-0.4, -0.2) is 36.1 Å². The van der Waals surface area contributed by atoms with Crippen LogP contribution in [0.1, 0.15) is 19.8 Å². The maximum atomic E-state index is 5.82. The van der Waals surface area contributed by atoms with E-state index in [4.69, 9.17) is 22.7 Å². The Morgan fingerprint density at radius 3 is 2.50 bits per heavy atom. The number of hydrogen-bond acceptors (Lipinski definition) is 3. The fraction of sp³-hybridized carbons (Fsp3) is 0.533. The molecule has 0 radical (unpaired) electrons. The van der Waals surface area contributed by atoms with E-state index in [1.807, 2.05) is 24.3 Å². The van der Waals surface area contributed by atoms with Gasteiger partial charge in [0.15, 0.2) is 0 Å². The van der Waals surface area contributed by atoms with Crippen LogP contribution >= 0.6 is 28.1 Å². The molecule has 1 aromatic carbocycles. The minimum absolute atomic E-state index is 0.0401. The molecule has 0 amide bonds. The minimum Gasteiger partial charge on any atom is -0.492 e. The van der Waals surface area contributed by atoms with E-state index in [-0.39, 0.29) is 5.41 Å². The van der Waals surface area contributed by atoms with Crippen LogP contribution in [0.5, 0.6) is 5.75 Å². The molecule has 0 aromatic heterocycles. The van der Waals surface area contributed by atoms with Crippen molar-refractivity contribution >= 4 is 33.1 Å². The summed E-state index contributed by atoms with van der Waals surface area (Å²) in [6.45, 7) is 5.91. The normalized spacial score (nSPS) is 18.7. The number of rotatable bonds is 5. The quantitative estimate of drug-likeness (QED) is 0.822. The van der Waals surface area contributed by atoms with Crippen LogP contribution in [0.2, 0.25) is 0 Å². The topological polar surface area (TPSA) is 38.5 Å². The van der Waals surface area contributed by atoms with E-state index in [0.717, 1.165) is 42.7 Å². The van der Waals surface area contributed by atoms with Gasteiger partial charge in [0.25, 0.3) is 0 Å². The smallest absolute Gasteiger partial charge is 0.119 e. The summed E-state index contributed by atoms with van der Waals surface area (Å²) in [7, 11) is 0. The van der Waals surface area contributed by atoms with Crippen LogP contribution in [-0.2, 0) is 0 Å². The Labute approximate surface area is 134 Å². The first-order valence-electron chi connectivity index (χ1n) is 6.90. The third kappa shape index (κ3) is 4.17. The number of nitrogens with two attached hydrogens (primary N) is 1. The Morgan fingerprint density at radius 1 is 1.35 bits per heavy atom. The van der Waals surface area contributed by atoms with Gasteiger partial charge in [-0.1, -0.05) is 35.1 Å². The maximum Gasteiger partial charge on any atom is 0.119 e. The van der Waals surface area contributed by atoms with Gasteiger partial charge in [-0.3, -0.25) is 4.90 Å². The summed E-state index contributed by atoms with van der Waals surface area (Å²) in [6.07, 6.45) is 2.08. The molecule has 1 aliphatic rings. The molecule has 0 spiro atoms. The molecule has 20 heavy (non-hydrogen) atoms. The zero-order valence-electron chi connectivity index (χ0n) is 11.8. The summed E-state index contributed by atoms with van der Waals surface area (Å²) in [4.78, 5) is 3.07. The van der Waals surface area contributed by atoms with Gasteiger partial charge >= 0.3 is 0 Å². The van der Waals surface area contributed by atoms with Gasteiger partial charge < -0.3 is 10.5 Å². The number of hydrogen-bond donors (Lipinski definition) is 1. The number of halogens is 1. The van der Waals surface area contributed by atoms with Gasteiger partial charge in [0.2, 0.25) is 0 Å². The molecule has 0 saturated carbocycles. The zero-order valence-corrected chi connectivity index (χ0v) is 14.2. The maximum absolute atomic E-state index is 5.82. The van der Waals surface area contributed by atoms with Crippen LogP contribution in [0, 0.1) is 5.41 Å². The Bertz CT molecular complexity index is 455. The van der Waals surface area contributed by atoms with Gasteiger partial charge in [0.1, 0.15) is 12.4 Å². The predicted molar refractivity (Wildman–Crippen MR) is 90.2 cm³/mol. The molecule has 3 nitrogen and oxygen atoms in total. The summed E-state index contributed by atoms with van der Waals surface area (Å²) in [5.74, 6) is 0.915. The molecule has 1 fully saturated rings. The van der Waals surface area contributed by atoms with Crippen LogP contribution in [0.15, 0.2) is 28.7 Å². The van der Waals surface area contributed by atoms with Gasteiger partial charge in [0, 0.05) is 16.4 Å². The monoisotopic (exact) mass is 356 g/mol. The van der Waals surface area contributed by atoms with Crippen molar-refractivity contribution in [2.24, 2.45) is 11.1 Å². The number of thiocarbonyl (C=S) groups is 1. The van der Waals surface area contributed by atoms with Gasteiger partial charge in [-0.05, 0) is 50.2 Å². The molecule has 1 aliphatic heterocycles. The second kappa shape index (κ2) is 6.87. The van der Waals surface area contributed by atoms with Crippen molar-refractivity contribution in [3.05, 3.63) is 28.7 Å². The highest BCUT2D eigenvalue weighted by Crippen LogP contribution is 2.30. The first-order valence-corrected chi connectivity index (χ1v) is 8.10. The fourth-order valence-electron chi connectivity index (χ4n) is 2.34. The standard InChI is InChI=1S/C15H21BrN2OS/c1-15(14(17)20)6-8-18(9-7-15)10-11-19-13-4-2-12(16)3-5-13/h2-5H,6-11H2,1H3,(H2,17,20). The number of piperidine rings is 1. The van der Waals surface area contributed by atoms with Crippen molar-refractivity contribution in [2.45, 2.75) is 19.8 Å². The third-order valence-corrected chi connectivity index (χ3v) is 5.07. The largest absolute Gasteiger partial charge is 0.492 e. The van der Waals surface area contributed by atoms with Gasteiger partial charge in [-0.25, -0.2) is 0 Å². The predicted octanol–water partition coefficient (Wildman–Crippen LogP) is 3.22. The van der Waals surface area contributed by atoms with Gasteiger partial charge in [0.05, 0.1) is 4.99 Å². The van der Waals surface area contributed by atoms with Crippen LogP contribution in [0.3, 0.4) is 0 Å². The van der Waals surface area contributed by atoms with E-state index in [9.17, 15) is 0 Å². The molecule has 0 bridgehead atoms. The van der Waals surface area contributed by atoms with E-state index in [0.29, 0.717) is 11.6 Å². The molecular weight excluding hydrogens is 336 g/mol. The molecule has 5 heteroatoms. The molecule has 0 atom stereocenters. The lowest BCUT2D eigenvalue weighted by molar-refractivity contribution is 0.140. The first kappa shape index (κ1) is 15.7. The number of nitrogens with zero attached hydrogens (tertiary/aromatic N) is 1. The molecule has 110 valence electrons. The Hall–Kier alpha value is -0.650. The van der Waals surface area contributed by atoms with E-state index >= 15 is 0 Å². The van der Waals surface area contributed by atoms with Crippen LogP contribution in [0.25, 0.3) is 0 Å². The molecule has 2 N–H and O–H groups in total. The van der Waals surface area contributed by atoms with Crippen molar-refractivity contribution in [3.8, 4) is 5.75 Å². The lowest BCUT2D eigenvalue weighted by atomic mass is 9.80. The van der Waals surface area contributed by atoms with E-state index in [1.165, 1.54) is 0 Å². The van der Waals surface area contributed by atoms with Crippen molar-refractivity contribution in [1.82, 2.24) is 4.90 Å². The zero-order chi connectivity index (χ0) is 14.6. The number of benzene rings is 1. The molecule has 1 aromatic rings. The number of ether oxygens (including phenoxy) is 1. The SMILES string of the molecule is CC1(C(N)=S)CCN(CCOc2ccc(Br)cc2)CC1. The van der Waals surface area contributed by atoms with Crippen LogP contribution < -0.4 is 10.5 Å². The second-order valence-corrected chi connectivity index (χ2v) is 6.92. The summed E-state index contributed by atoms with van der Waals surface area (Å²) in [5, 5.41) is 0. The summed E-state index contributed by atoms with van der Waals surface area (Å²) in [5.41, 5.74) is 5.86. The molecule has 2 rings (SSSR count). The lowest BCUT2D eigenvalue weighted by Gasteiger charge is -2.38. The van der Waals surface area contributed by atoms with E-state index in [1.54, 1.807) is 0 Å². The van der Waals surface area contributed by atoms with E-state index in [2.05, 4.69) is 27.8 Å². The van der Waals surface area contributed by atoms with Crippen molar-refractivity contribution < 1.29 is 4.74 Å². The lowest BCUT2D eigenvalue weighted by Crippen LogP contribution is -2.45. The highest BCUT2D eigenvalue weighted by Gasteiger charge is 2.32. The molecule has 0 unspecified atom stereocenters. The van der Waals surface area contributed by atoms with Crippen molar-refractivity contribution in [1.29, 1.82) is 0 Å². The minimum atomic E-state index is 0.0401. The second-order valence-electron chi connectivity index (χ2n) is 5.57. The Balaban J connectivity index is 1.71. The van der Waals surface area contributed by atoms with Crippen LogP contribution in [0.4, 0.5) is 0 Å². The highest BCUT2D eigenvalue weighted by atomic mass is 79.9. The average Bonchev–Trinajstić information content (AvgIpc) is 2.43. The van der Waals surface area contributed by atoms with E-state index < -0.39 is 0 Å². The fourth-order valence-corrected chi connectivity index (χ4v) is 2.81. The highest BCUT2D eigenvalue weighted by molar-refractivity contribution is 9.10. The summed E-state index contributed by atoms with van der Waals surface area (Å²) >= 11 is 8.57. The number of likely N-dealkylation sites (tertiary alicyclic amines) is 1.